The molecule has 1 heterocycles. The standard InChI is InChI=1S/C11H11N3S/c12-7-3-4-8-15-11-13-9-5-1-2-6-10(9)14-11/h1-2,5-6H,3-4,8H2,(H,13,14). The molecule has 0 spiro atoms. The lowest BCUT2D eigenvalue weighted by Gasteiger charge is -1.92. The van der Waals surface area contributed by atoms with E-state index < -0.39 is 0 Å². The van der Waals surface area contributed by atoms with Crippen LogP contribution in [-0.2, 0) is 0 Å². The molecule has 0 radical (unpaired) electrons. The highest BCUT2D eigenvalue weighted by Gasteiger charge is 2.01. The Kier molecular flexibility index (Phi) is 3.25. The number of rotatable bonds is 4. The predicted octanol–water partition coefficient (Wildman–Crippen LogP) is 2.96. The monoisotopic (exact) mass is 217 g/mol. The number of nitrogens with zero attached hydrogens (tertiary/aromatic N) is 2. The average Bonchev–Trinajstić information content (AvgIpc) is 2.67. The zero-order valence-corrected chi connectivity index (χ0v) is 9.05. The summed E-state index contributed by atoms with van der Waals surface area (Å²) in [4.78, 5) is 7.68. The van der Waals surface area contributed by atoms with E-state index in [-0.39, 0.29) is 0 Å². The van der Waals surface area contributed by atoms with E-state index in [0.717, 1.165) is 28.4 Å². The molecular weight excluding hydrogens is 206 g/mol. The molecule has 15 heavy (non-hydrogen) atoms. The van der Waals surface area contributed by atoms with Gasteiger partial charge in [-0.3, -0.25) is 0 Å². The molecule has 0 amide bonds. The van der Waals surface area contributed by atoms with E-state index in [4.69, 9.17) is 5.26 Å². The number of fused-ring (bicyclic) bond motifs is 1. The first kappa shape index (κ1) is 10.1. The Morgan fingerprint density at radius 1 is 1.40 bits per heavy atom. The lowest BCUT2D eigenvalue weighted by atomic mass is 10.3. The second kappa shape index (κ2) is 4.85. The quantitative estimate of drug-likeness (QED) is 0.632. The zero-order chi connectivity index (χ0) is 10.5. The van der Waals surface area contributed by atoms with Crippen LogP contribution in [0.15, 0.2) is 29.4 Å². The van der Waals surface area contributed by atoms with E-state index in [2.05, 4.69) is 16.0 Å². The van der Waals surface area contributed by atoms with Gasteiger partial charge in [0.2, 0.25) is 0 Å². The molecule has 1 aromatic carbocycles. The highest BCUT2D eigenvalue weighted by Crippen LogP contribution is 2.19. The Morgan fingerprint density at radius 3 is 3.07 bits per heavy atom. The molecular formula is C11H11N3S. The van der Waals surface area contributed by atoms with Crippen LogP contribution >= 0.6 is 11.8 Å². The Morgan fingerprint density at radius 2 is 2.27 bits per heavy atom. The first-order valence-corrected chi connectivity index (χ1v) is 5.83. The van der Waals surface area contributed by atoms with Gasteiger partial charge in [0.15, 0.2) is 5.16 Å². The van der Waals surface area contributed by atoms with Crippen molar-refractivity contribution in [2.45, 2.75) is 18.0 Å². The fourth-order valence-corrected chi connectivity index (χ4v) is 2.14. The molecule has 0 atom stereocenters. The SMILES string of the molecule is N#CCCCSc1nc2ccccc2[nH]1. The number of aromatic nitrogens is 2. The molecule has 2 rings (SSSR count). The highest BCUT2D eigenvalue weighted by atomic mass is 32.2. The van der Waals surface area contributed by atoms with Crippen LogP contribution in [0.4, 0.5) is 0 Å². The van der Waals surface area contributed by atoms with E-state index >= 15 is 0 Å². The molecule has 1 N–H and O–H groups in total. The van der Waals surface area contributed by atoms with Crippen molar-refractivity contribution in [3.63, 3.8) is 0 Å². The van der Waals surface area contributed by atoms with Gasteiger partial charge in [0, 0.05) is 12.2 Å². The molecule has 4 heteroatoms. The number of para-hydroxylation sites is 2. The molecule has 1 aromatic heterocycles. The first-order valence-electron chi connectivity index (χ1n) is 4.84. The molecule has 0 aliphatic heterocycles. The van der Waals surface area contributed by atoms with Gasteiger partial charge >= 0.3 is 0 Å². The van der Waals surface area contributed by atoms with Crippen LogP contribution in [0.3, 0.4) is 0 Å². The zero-order valence-electron chi connectivity index (χ0n) is 8.23. The van der Waals surface area contributed by atoms with Crippen LogP contribution in [0.2, 0.25) is 0 Å². The number of thioether (sulfide) groups is 1. The Hall–Kier alpha value is -1.47. The number of hydrogen-bond acceptors (Lipinski definition) is 3. The van der Waals surface area contributed by atoms with Gasteiger partial charge < -0.3 is 4.98 Å². The summed E-state index contributed by atoms with van der Waals surface area (Å²) in [5.41, 5.74) is 2.07. The second-order valence-corrected chi connectivity index (χ2v) is 4.25. The minimum Gasteiger partial charge on any atom is -0.333 e. The van der Waals surface area contributed by atoms with E-state index in [0.29, 0.717) is 6.42 Å². The number of hydrogen-bond donors (Lipinski definition) is 1. The van der Waals surface area contributed by atoms with E-state index in [1.807, 2.05) is 24.3 Å². The van der Waals surface area contributed by atoms with E-state index in [1.54, 1.807) is 11.8 Å². The van der Waals surface area contributed by atoms with Crippen LogP contribution in [0, 0.1) is 11.3 Å². The Bertz CT molecular complexity index is 451. The third-order valence-corrected chi connectivity index (χ3v) is 3.00. The maximum Gasteiger partial charge on any atom is 0.166 e. The Labute approximate surface area is 92.5 Å². The number of nitrogens with one attached hydrogen (secondary N) is 1. The first-order chi connectivity index (χ1) is 7.40. The number of nitriles is 1. The topological polar surface area (TPSA) is 52.5 Å². The summed E-state index contributed by atoms with van der Waals surface area (Å²) < 4.78 is 0. The van der Waals surface area contributed by atoms with E-state index in [9.17, 15) is 0 Å². The molecule has 2 aromatic rings. The summed E-state index contributed by atoms with van der Waals surface area (Å²) in [6.45, 7) is 0. The van der Waals surface area contributed by atoms with Crippen molar-refractivity contribution in [3.05, 3.63) is 24.3 Å². The molecule has 76 valence electrons. The fraction of sp³-hybridized carbons (Fsp3) is 0.273. The summed E-state index contributed by atoms with van der Waals surface area (Å²) in [6, 6.07) is 10.1. The van der Waals surface area contributed by atoms with Crippen LogP contribution in [0.1, 0.15) is 12.8 Å². The third-order valence-electron chi connectivity index (χ3n) is 2.04. The van der Waals surface area contributed by atoms with Crippen molar-refractivity contribution < 1.29 is 0 Å². The van der Waals surface area contributed by atoms with Crippen molar-refractivity contribution in [3.8, 4) is 6.07 Å². The minimum atomic E-state index is 0.618. The molecule has 0 unspecified atom stereocenters. The van der Waals surface area contributed by atoms with Crippen LogP contribution in [-0.4, -0.2) is 15.7 Å². The second-order valence-electron chi connectivity index (χ2n) is 3.17. The van der Waals surface area contributed by atoms with Gasteiger partial charge in [0.1, 0.15) is 0 Å². The summed E-state index contributed by atoms with van der Waals surface area (Å²) in [5.74, 6) is 0.938. The van der Waals surface area contributed by atoms with Gasteiger partial charge in [-0.2, -0.15) is 5.26 Å². The predicted molar refractivity (Wildman–Crippen MR) is 61.7 cm³/mol. The number of H-pyrrole nitrogens is 1. The van der Waals surface area contributed by atoms with Crippen molar-refractivity contribution in [2.24, 2.45) is 0 Å². The van der Waals surface area contributed by atoms with Gasteiger partial charge in [-0.25, -0.2) is 4.98 Å². The van der Waals surface area contributed by atoms with Crippen molar-refractivity contribution in [2.75, 3.05) is 5.75 Å². The van der Waals surface area contributed by atoms with Crippen LogP contribution < -0.4 is 0 Å². The maximum absolute atomic E-state index is 8.40. The van der Waals surface area contributed by atoms with Gasteiger partial charge in [-0.1, -0.05) is 23.9 Å². The molecule has 0 saturated heterocycles. The normalized spacial score (nSPS) is 10.3. The lowest BCUT2D eigenvalue weighted by Crippen LogP contribution is -1.80. The fourth-order valence-electron chi connectivity index (χ4n) is 1.32. The molecule has 0 bridgehead atoms. The molecule has 0 aliphatic rings. The summed E-state index contributed by atoms with van der Waals surface area (Å²) in [5, 5.41) is 9.33. The molecule has 0 fully saturated rings. The number of aromatic amines is 1. The summed E-state index contributed by atoms with van der Waals surface area (Å²) in [7, 11) is 0. The lowest BCUT2D eigenvalue weighted by molar-refractivity contribution is 0.972. The van der Waals surface area contributed by atoms with Gasteiger partial charge in [0.05, 0.1) is 17.1 Å². The number of benzene rings is 1. The third kappa shape index (κ3) is 2.51. The number of imidazole rings is 1. The average molecular weight is 217 g/mol. The van der Waals surface area contributed by atoms with Crippen LogP contribution in [0.25, 0.3) is 11.0 Å². The highest BCUT2D eigenvalue weighted by molar-refractivity contribution is 7.99. The largest absolute Gasteiger partial charge is 0.333 e. The minimum absolute atomic E-state index is 0.618. The van der Waals surface area contributed by atoms with Gasteiger partial charge in [-0.15, -0.1) is 0 Å². The Balaban J connectivity index is 2.00. The molecule has 0 saturated carbocycles. The van der Waals surface area contributed by atoms with Gasteiger partial charge in [-0.05, 0) is 18.6 Å². The summed E-state index contributed by atoms with van der Waals surface area (Å²) >= 11 is 1.67. The van der Waals surface area contributed by atoms with E-state index in [1.165, 1.54) is 0 Å². The molecule has 0 aliphatic carbocycles. The van der Waals surface area contributed by atoms with Crippen LogP contribution in [0.5, 0.6) is 0 Å². The van der Waals surface area contributed by atoms with Gasteiger partial charge in [0.25, 0.3) is 0 Å². The van der Waals surface area contributed by atoms with Crippen molar-refractivity contribution >= 4 is 22.8 Å². The summed E-state index contributed by atoms with van der Waals surface area (Å²) in [6.07, 6.45) is 1.53. The number of unbranched alkanes of at least 4 members (excludes halogenated alkanes) is 1. The van der Waals surface area contributed by atoms with Crippen molar-refractivity contribution in [1.82, 2.24) is 9.97 Å². The maximum atomic E-state index is 8.40. The molecule has 3 nitrogen and oxygen atoms in total. The smallest absolute Gasteiger partial charge is 0.166 e. The van der Waals surface area contributed by atoms with Crippen molar-refractivity contribution in [1.29, 1.82) is 5.26 Å².